The van der Waals surface area contributed by atoms with Crippen molar-refractivity contribution in [3.63, 3.8) is 0 Å². The summed E-state index contributed by atoms with van der Waals surface area (Å²) in [5, 5.41) is 3.27. The summed E-state index contributed by atoms with van der Waals surface area (Å²) in [6, 6.07) is 0. The zero-order chi connectivity index (χ0) is 13.9. The summed E-state index contributed by atoms with van der Waals surface area (Å²) >= 11 is 0. The molecule has 0 bridgehead atoms. The minimum atomic E-state index is -4.13. The zero-order valence-electron chi connectivity index (χ0n) is 11.4. The molecule has 0 heterocycles. The number of allylic oxidation sites excluding steroid dienone is 4. The highest BCUT2D eigenvalue weighted by molar-refractivity contribution is 5.28. The summed E-state index contributed by atoms with van der Waals surface area (Å²) in [6.45, 7) is 2.71. The molecule has 0 aliphatic heterocycles. The van der Waals surface area contributed by atoms with E-state index in [1.54, 1.807) is 6.08 Å². The maximum absolute atomic E-state index is 12.7. The Morgan fingerprint density at radius 3 is 2.53 bits per heavy atom. The maximum Gasteiger partial charge on any atom is 0.395 e. The first-order valence-corrected chi connectivity index (χ1v) is 7.15. The normalized spacial score (nSPS) is 25.8. The Balaban J connectivity index is 1.89. The molecule has 0 saturated heterocycles. The van der Waals surface area contributed by atoms with Crippen LogP contribution in [0.2, 0.25) is 0 Å². The van der Waals surface area contributed by atoms with Crippen LogP contribution in [-0.2, 0) is 0 Å². The number of alkyl halides is 3. The van der Waals surface area contributed by atoms with Gasteiger partial charge in [-0.3, -0.25) is 0 Å². The highest BCUT2D eigenvalue weighted by Gasteiger charge is 2.39. The van der Waals surface area contributed by atoms with E-state index in [0.29, 0.717) is 5.92 Å². The second-order valence-corrected chi connectivity index (χ2v) is 5.76. The molecule has 2 rings (SSSR count). The number of halogens is 3. The van der Waals surface area contributed by atoms with Crippen molar-refractivity contribution in [1.82, 2.24) is 5.32 Å². The molecular weight excluding hydrogens is 251 g/mol. The minimum Gasteiger partial charge on any atom is -0.388 e. The van der Waals surface area contributed by atoms with Crippen molar-refractivity contribution in [2.45, 2.75) is 51.6 Å². The van der Waals surface area contributed by atoms with Gasteiger partial charge < -0.3 is 5.32 Å². The van der Waals surface area contributed by atoms with Crippen LogP contribution in [0.4, 0.5) is 13.2 Å². The Kier molecular flexibility index (Phi) is 4.58. The summed E-state index contributed by atoms with van der Waals surface area (Å²) in [4.78, 5) is 0. The number of rotatable bonds is 3. The Bertz CT molecular complexity index is 362. The molecule has 1 nitrogen and oxygen atoms in total. The molecular formula is C15H22F3N. The highest BCUT2D eigenvalue weighted by Crippen LogP contribution is 2.35. The maximum atomic E-state index is 12.7. The van der Waals surface area contributed by atoms with Crippen molar-refractivity contribution in [2.24, 2.45) is 11.8 Å². The average Bonchev–Trinajstić information content (AvgIpc) is 2.37. The standard InChI is InChI=1S/C15H22F3N/c1-11-7-8-13(15(16,17)18)9-14(11)19-10-12-5-3-2-4-6-12/h7-8,12-13,19H,2-6,9-10H2,1H3. The van der Waals surface area contributed by atoms with E-state index in [9.17, 15) is 13.2 Å². The van der Waals surface area contributed by atoms with Gasteiger partial charge in [-0.2, -0.15) is 13.2 Å². The van der Waals surface area contributed by atoms with E-state index in [1.807, 2.05) is 6.92 Å². The first kappa shape index (κ1) is 14.5. The third kappa shape index (κ3) is 4.02. The lowest BCUT2D eigenvalue weighted by Gasteiger charge is -2.27. The van der Waals surface area contributed by atoms with Crippen molar-refractivity contribution in [2.75, 3.05) is 6.54 Å². The molecule has 108 valence electrons. The molecule has 19 heavy (non-hydrogen) atoms. The van der Waals surface area contributed by atoms with Crippen LogP contribution in [-0.4, -0.2) is 12.7 Å². The predicted molar refractivity (Wildman–Crippen MR) is 70.6 cm³/mol. The molecule has 0 aromatic heterocycles. The monoisotopic (exact) mass is 273 g/mol. The van der Waals surface area contributed by atoms with Gasteiger partial charge in [0, 0.05) is 18.7 Å². The lowest BCUT2D eigenvalue weighted by Crippen LogP contribution is -2.30. The van der Waals surface area contributed by atoms with Crippen LogP contribution in [0.1, 0.15) is 45.4 Å². The van der Waals surface area contributed by atoms with Gasteiger partial charge in [-0.1, -0.05) is 31.4 Å². The third-order valence-corrected chi connectivity index (χ3v) is 4.23. The summed E-state index contributed by atoms with van der Waals surface area (Å²) in [6.07, 6.45) is 5.05. The van der Waals surface area contributed by atoms with Crippen molar-refractivity contribution in [3.8, 4) is 0 Å². The number of hydrogen-bond acceptors (Lipinski definition) is 1. The van der Waals surface area contributed by atoms with E-state index >= 15 is 0 Å². The van der Waals surface area contributed by atoms with E-state index < -0.39 is 12.1 Å². The Morgan fingerprint density at radius 2 is 1.89 bits per heavy atom. The van der Waals surface area contributed by atoms with Gasteiger partial charge in [0.05, 0.1) is 5.92 Å². The summed E-state index contributed by atoms with van der Waals surface area (Å²) < 4.78 is 38.2. The molecule has 0 amide bonds. The van der Waals surface area contributed by atoms with Crippen LogP contribution in [0, 0.1) is 11.8 Å². The molecule has 2 aliphatic rings. The van der Waals surface area contributed by atoms with Crippen molar-refractivity contribution in [3.05, 3.63) is 23.4 Å². The van der Waals surface area contributed by atoms with Gasteiger partial charge in [-0.05, 0) is 31.3 Å². The SMILES string of the molecule is CC1=C(NCC2CCCCC2)CC(C(F)(F)F)C=C1. The second-order valence-electron chi connectivity index (χ2n) is 5.76. The van der Waals surface area contributed by atoms with E-state index in [2.05, 4.69) is 5.32 Å². The second kappa shape index (κ2) is 6.02. The van der Waals surface area contributed by atoms with Gasteiger partial charge in [0.1, 0.15) is 0 Å². The predicted octanol–water partition coefficient (Wildman–Crippen LogP) is 4.57. The summed E-state index contributed by atoms with van der Waals surface area (Å²) in [7, 11) is 0. The van der Waals surface area contributed by atoms with Gasteiger partial charge in [-0.15, -0.1) is 0 Å². The molecule has 0 aromatic carbocycles. The van der Waals surface area contributed by atoms with Crippen LogP contribution in [0.5, 0.6) is 0 Å². The molecule has 1 atom stereocenters. The smallest absolute Gasteiger partial charge is 0.388 e. The van der Waals surface area contributed by atoms with Gasteiger partial charge in [-0.25, -0.2) is 0 Å². The van der Waals surface area contributed by atoms with Crippen molar-refractivity contribution >= 4 is 0 Å². The van der Waals surface area contributed by atoms with E-state index in [1.165, 1.54) is 38.2 Å². The Hall–Kier alpha value is -0.930. The number of nitrogens with one attached hydrogen (secondary N) is 1. The van der Waals surface area contributed by atoms with Crippen molar-refractivity contribution < 1.29 is 13.2 Å². The molecule has 1 fully saturated rings. The molecule has 4 heteroatoms. The van der Waals surface area contributed by atoms with Gasteiger partial charge in [0.25, 0.3) is 0 Å². The average molecular weight is 273 g/mol. The molecule has 1 saturated carbocycles. The van der Waals surface area contributed by atoms with Crippen LogP contribution >= 0.6 is 0 Å². The van der Waals surface area contributed by atoms with Crippen LogP contribution < -0.4 is 5.32 Å². The van der Waals surface area contributed by atoms with E-state index in [4.69, 9.17) is 0 Å². The molecule has 0 radical (unpaired) electrons. The van der Waals surface area contributed by atoms with Gasteiger partial charge in [0.15, 0.2) is 0 Å². The topological polar surface area (TPSA) is 12.0 Å². The minimum absolute atomic E-state index is 0.0680. The van der Waals surface area contributed by atoms with Crippen LogP contribution in [0.3, 0.4) is 0 Å². The third-order valence-electron chi connectivity index (χ3n) is 4.23. The molecule has 1 N–H and O–H groups in total. The largest absolute Gasteiger partial charge is 0.395 e. The van der Waals surface area contributed by atoms with E-state index in [0.717, 1.165) is 17.8 Å². The first-order valence-electron chi connectivity index (χ1n) is 7.15. The molecule has 0 aromatic rings. The fraction of sp³-hybridized carbons (Fsp3) is 0.733. The van der Waals surface area contributed by atoms with Crippen LogP contribution in [0.25, 0.3) is 0 Å². The lowest BCUT2D eigenvalue weighted by molar-refractivity contribution is -0.161. The summed E-state index contributed by atoms with van der Waals surface area (Å²) in [5.74, 6) is -0.700. The van der Waals surface area contributed by atoms with Crippen LogP contribution in [0.15, 0.2) is 23.4 Å². The summed E-state index contributed by atoms with van der Waals surface area (Å²) in [5.41, 5.74) is 1.71. The van der Waals surface area contributed by atoms with Crippen molar-refractivity contribution in [1.29, 1.82) is 0 Å². The Morgan fingerprint density at radius 1 is 1.21 bits per heavy atom. The Labute approximate surface area is 113 Å². The zero-order valence-corrected chi connectivity index (χ0v) is 11.4. The quantitative estimate of drug-likeness (QED) is 0.794. The van der Waals surface area contributed by atoms with Gasteiger partial charge in [0.2, 0.25) is 0 Å². The highest BCUT2D eigenvalue weighted by atomic mass is 19.4. The molecule has 0 spiro atoms. The lowest BCUT2D eigenvalue weighted by atomic mass is 9.88. The molecule has 1 unspecified atom stereocenters. The first-order chi connectivity index (χ1) is 8.97. The fourth-order valence-corrected chi connectivity index (χ4v) is 2.91. The fourth-order valence-electron chi connectivity index (χ4n) is 2.91. The van der Waals surface area contributed by atoms with Gasteiger partial charge >= 0.3 is 6.18 Å². The van der Waals surface area contributed by atoms with E-state index in [-0.39, 0.29) is 6.42 Å². The molecule has 2 aliphatic carbocycles. The number of hydrogen-bond donors (Lipinski definition) is 1.